The molecule has 0 atom stereocenters. The summed E-state index contributed by atoms with van der Waals surface area (Å²) in [6.45, 7) is 2.34. The molecule has 0 saturated carbocycles. The molecule has 2 N–H and O–H groups in total. The summed E-state index contributed by atoms with van der Waals surface area (Å²) >= 11 is 5.88. The van der Waals surface area contributed by atoms with Gasteiger partial charge >= 0.3 is 0 Å². The van der Waals surface area contributed by atoms with Crippen LogP contribution in [-0.4, -0.2) is 40.6 Å². The Labute approximate surface area is 196 Å². The van der Waals surface area contributed by atoms with Gasteiger partial charge < -0.3 is 19.4 Å². The normalized spacial score (nSPS) is 14.4. The smallest absolute Gasteiger partial charge is 0.261 e. The predicted molar refractivity (Wildman–Crippen MR) is 128 cm³/mol. The Morgan fingerprint density at radius 2 is 1.82 bits per heavy atom. The van der Waals surface area contributed by atoms with Crippen LogP contribution in [-0.2, 0) is 19.6 Å². The number of hydrogen-bond acceptors (Lipinski definition) is 6. The van der Waals surface area contributed by atoms with Crippen LogP contribution in [0.3, 0.4) is 0 Å². The molecule has 2 aromatic carbocycles. The number of amides is 1. The fraction of sp³-hybridized carbons (Fsp3) is 0.174. The number of rotatable bonds is 7. The summed E-state index contributed by atoms with van der Waals surface area (Å²) in [5.41, 5.74) is 1.47. The molecule has 1 aromatic heterocycles. The van der Waals surface area contributed by atoms with E-state index in [9.17, 15) is 13.2 Å². The molecule has 8 nitrogen and oxygen atoms in total. The van der Waals surface area contributed by atoms with E-state index in [1.807, 2.05) is 4.90 Å². The van der Waals surface area contributed by atoms with Crippen molar-refractivity contribution in [3.63, 3.8) is 0 Å². The highest BCUT2D eigenvalue weighted by atomic mass is 35.5. The molecular weight excluding hydrogens is 466 g/mol. The van der Waals surface area contributed by atoms with Crippen LogP contribution in [0.5, 0.6) is 0 Å². The van der Waals surface area contributed by atoms with E-state index < -0.39 is 15.9 Å². The highest BCUT2D eigenvalue weighted by Gasteiger charge is 2.21. The van der Waals surface area contributed by atoms with Crippen LogP contribution < -0.4 is 14.9 Å². The number of morpholine rings is 1. The Bertz CT molecular complexity index is 1240. The second-order valence-electron chi connectivity index (χ2n) is 7.23. The summed E-state index contributed by atoms with van der Waals surface area (Å²) in [6.07, 6.45) is 4.37. The maximum absolute atomic E-state index is 13.0. The third-order valence-corrected chi connectivity index (χ3v) is 6.56. The maximum atomic E-state index is 13.0. The van der Waals surface area contributed by atoms with Crippen LogP contribution in [0.4, 0.5) is 17.1 Å². The largest absolute Gasteiger partial charge is 0.465 e. The van der Waals surface area contributed by atoms with Crippen molar-refractivity contribution >= 4 is 50.7 Å². The van der Waals surface area contributed by atoms with Crippen LogP contribution in [0.25, 0.3) is 6.08 Å². The first-order valence-electron chi connectivity index (χ1n) is 10.2. The Morgan fingerprint density at radius 3 is 2.52 bits per heavy atom. The minimum absolute atomic E-state index is 0.0137. The van der Waals surface area contributed by atoms with Crippen molar-refractivity contribution in [2.45, 2.75) is 4.90 Å². The molecule has 10 heteroatoms. The van der Waals surface area contributed by atoms with Crippen molar-refractivity contribution in [2.75, 3.05) is 41.2 Å². The number of halogens is 1. The molecule has 172 valence electrons. The topological polar surface area (TPSA) is 101 Å². The molecule has 0 radical (unpaired) electrons. The SMILES string of the molecule is O=C(C=Cc1ccco1)Nc1cc(S(=O)(=O)Nc2ccc(Cl)cc2)ccc1N1CCOCC1. The average molecular weight is 488 g/mol. The molecule has 1 aliphatic rings. The first-order chi connectivity index (χ1) is 15.9. The summed E-state index contributed by atoms with van der Waals surface area (Å²) in [5.74, 6) is 0.114. The molecule has 3 aromatic rings. The van der Waals surface area contributed by atoms with Crippen molar-refractivity contribution < 1.29 is 22.4 Å². The van der Waals surface area contributed by atoms with Gasteiger partial charge in [0.25, 0.3) is 10.0 Å². The van der Waals surface area contributed by atoms with E-state index in [1.54, 1.807) is 42.5 Å². The van der Waals surface area contributed by atoms with Gasteiger partial charge in [0.05, 0.1) is 35.7 Å². The van der Waals surface area contributed by atoms with E-state index in [0.717, 1.165) is 0 Å². The lowest BCUT2D eigenvalue weighted by Crippen LogP contribution is -2.36. The number of hydrogen-bond donors (Lipinski definition) is 2. The van der Waals surface area contributed by atoms with Gasteiger partial charge in [-0.25, -0.2) is 8.42 Å². The number of furan rings is 1. The average Bonchev–Trinajstić information content (AvgIpc) is 3.33. The molecule has 33 heavy (non-hydrogen) atoms. The van der Waals surface area contributed by atoms with Crippen LogP contribution in [0, 0.1) is 0 Å². The Hall–Kier alpha value is -3.27. The number of carbonyl (C=O) groups excluding carboxylic acids is 1. The monoisotopic (exact) mass is 487 g/mol. The van der Waals surface area contributed by atoms with E-state index in [-0.39, 0.29) is 4.90 Å². The van der Waals surface area contributed by atoms with Crippen LogP contribution in [0.15, 0.2) is 76.2 Å². The van der Waals surface area contributed by atoms with Gasteiger partial charge in [0, 0.05) is 29.9 Å². The van der Waals surface area contributed by atoms with Gasteiger partial charge in [0.1, 0.15) is 5.76 Å². The lowest BCUT2D eigenvalue weighted by atomic mass is 10.2. The zero-order valence-electron chi connectivity index (χ0n) is 17.5. The highest BCUT2D eigenvalue weighted by molar-refractivity contribution is 7.92. The first kappa shape index (κ1) is 22.9. The standard InChI is InChI=1S/C23H22ClN3O5S/c24-17-3-5-18(6-4-17)26-33(29,30)20-8-9-22(27-11-14-31-15-12-27)21(16-20)25-23(28)10-7-19-2-1-13-32-19/h1-10,13,16,26H,11-12,14-15H2,(H,25,28). The van der Waals surface area contributed by atoms with Gasteiger partial charge in [0.2, 0.25) is 5.91 Å². The third kappa shape index (κ3) is 5.95. The maximum Gasteiger partial charge on any atom is 0.261 e. The third-order valence-electron chi connectivity index (χ3n) is 4.93. The van der Waals surface area contributed by atoms with E-state index in [1.165, 1.54) is 30.5 Å². The van der Waals surface area contributed by atoms with Crippen LogP contribution >= 0.6 is 11.6 Å². The molecule has 1 aliphatic heterocycles. The number of sulfonamides is 1. The molecule has 0 spiro atoms. The zero-order chi connectivity index (χ0) is 23.3. The van der Waals surface area contributed by atoms with E-state index >= 15 is 0 Å². The van der Waals surface area contributed by atoms with Gasteiger partial charge in [-0.2, -0.15) is 0 Å². The minimum atomic E-state index is -3.90. The number of benzene rings is 2. The molecule has 2 heterocycles. The molecule has 0 aliphatic carbocycles. The number of ether oxygens (including phenoxy) is 1. The summed E-state index contributed by atoms with van der Waals surface area (Å²) in [5, 5.41) is 3.29. The van der Waals surface area contributed by atoms with Crippen molar-refractivity contribution in [3.8, 4) is 0 Å². The van der Waals surface area contributed by atoms with Crippen LogP contribution in [0.2, 0.25) is 5.02 Å². The summed E-state index contributed by atoms with van der Waals surface area (Å²) < 4.78 is 39.1. The molecule has 0 unspecified atom stereocenters. The van der Waals surface area contributed by atoms with Gasteiger partial charge in [0.15, 0.2) is 0 Å². The van der Waals surface area contributed by atoms with Crippen LogP contribution in [0.1, 0.15) is 5.76 Å². The molecular formula is C23H22ClN3O5S. The van der Waals surface area contributed by atoms with Crippen molar-refractivity contribution in [2.24, 2.45) is 0 Å². The summed E-state index contributed by atoms with van der Waals surface area (Å²) in [4.78, 5) is 14.6. The second kappa shape index (κ2) is 10.1. The fourth-order valence-corrected chi connectivity index (χ4v) is 4.52. The van der Waals surface area contributed by atoms with E-state index in [2.05, 4.69) is 10.0 Å². The van der Waals surface area contributed by atoms with Crippen molar-refractivity contribution in [1.82, 2.24) is 0 Å². The van der Waals surface area contributed by atoms with Crippen molar-refractivity contribution in [1.29, 1.82) is 0 Å². The zero-order valence-corrected chi connectivity index (χ0v) is 19.1. The van der Waals surface area contributed by atoms with Gasteiger partial charge in [-0.15, -0.1) is 0 Å². The number of nitrogens with one attached hydrogen (secondary N) is 2. The molecule has 1 amide bonds. The van der Waals surface area contributed by atoms with Gasteiger partial charge in [-0.05, 0) is 60.7 Å². The number of anilines is 3. The van der Waals surface area contributed by atoms with E-state index in [0.29, 0.717) is 54.1 Å². The second-order valence-corrected chi connectivity index (χ2v) is 9.35. The summed E-state index contributed by atoms with van der Waals surface area (Å²) in [6, 6.07) is 14.4. The quantitative estimate of drug-likeness (QED) is 0.484. The first-order valence-corrected chi connectivity index (χ1v) is 12.0. The number of nitrogens with zero attached hydrogens (tertiary/aromatic N) is 1. The lowest BCUT2D eigenvalue weighted by molar-refractivity contribution is -0.111. The lowest BCUT2D eigenvalue weighted by Gasteiger charge is -2.30. The molecule has 0 bridgehead atoms. The Morgan fingerprint density at radius 1 is 1.06 bits per heavy atom. The summed E-state index contributed by atoms with van der Waals surface area (Å²) in [7, 11) is -3.90. The molecule has 4 rings (SSSR count). The molecule has 1 saturated heterocycles. The van der Waals surface area contributed by atoms with Gasteiger partial charge in [-0.3, -0.25) is 9.52 Å². The van der Waals surface area contributed by atoms with Gasteiger partial charge in [-0.1, -0.05) is 11.6 Å². The minimum Gasteiger partial charge on any atom is -0.465 e. The Balaban J connectivity index is 1.62. The number of carbonyl (C=O) groups is 1. The van der Waals surface area contributed by atoms with E-state index in [4.69, 9.17) is 20.8 Å². The predicted octanol–water partition coefficient (Wildman–Crippen LogP) is 4.22. The Kier molecular flexibility index (Phi) is 7.02. The fourth-order valence-electron chi connectivity index (χ4n) is 3.31. The van der Waals surface area contributed by atoms with Crippen molar-refractivity contribution in [3.05, 3.63) is 77.7 Å². The highest BCUT2D eigenvalue weighted by Crippen LogP contribution is 2.31. The molecule has 1 fully saturated rings.